The number of ether oxygens (including phenoxy) is 1. The molecule has 2 heterocycles. The fourth-order valence-corrected chi connectivity index (χ4v) is 4.81. The Morgan fingerprint density at radius 3 is 2.45 bits per heavy atom. The predicted octanol–water partition coefficient (Wildman–Crippen LogP) is 5.63. The van der Waals surface area contributed by atoms with Gasteiger partial charge in [-0.2, -0.15) is 0 Å². The molecule has 0 radical (unpaired) electrons. The van der Waals surface area contributed by atoms with Crippen molar-refractivity contribution in [2.24, 2.45) is 11.3 Å². The van der Waals surface area contributed by atoms with E-state index in [9.17, 15) is 4.79 Å². The van der Waals surface area contributed by atoms with Gasteiger partial charge in [-0.25, -0.2) is 0 Å². The smallest absolute Gasteiger partial charge is 0.226 e. The number of hydrogen-bond donors (Lipinski definition) is 0. The summed E-state index contributed by atoms with van der Waals surface area (Å²) in [6, 6.07) is 16.7. The van der Waals surface area contributed by atoms with E-state index in [4.69, 9.17) is 4.74 Å². The third-order valence-corrected chi connectivity index (χ3v) is 7.06. The van der Waals surface area contributed by atoms with E-state index in [-0.39, 0.29) is 17.4 Å². The van der Waals surface area contributed by atoms with E-state index in [1.54, 1.807) is 0 Å². The van der Waals surface area contributed by atoms with Crippen LogP contribution in [-0.2, 0) is 4.79 Å². The summed E-state index contributed by atoms with van der Waals surface area (Å²) in [5.74, 6) is 1.47. The van der Waals surface area contributed by atoms with Crippen molar-refractivity contribution in [3.8, 4) is 16.9 Å². The Kier molecular flexibility index (Phi) is 4.96. The molecule has 1 atom stereocenters. The van der Waals surface area contributed by atoms with Crippen LogP contribution in [0.3, 0.4) is 0 Å². The minimum Gasteiger partial charge on any atom is -0.490 e. The molecule has 31 heavy (non-hydrogen) atoms. The second-order valence-corrected chi connectivity index (χ2v) is 9.73. The van der Waals surface area contributed by atoms with Gasteiger partial charge in [-0.1, -0.05) is 44.2 Å². The lowest BCUT2D eigenvalue weighted by atomic mass is 9.98. The van der Waals surface area contributed by atoms with E-state index in [1.807, 2.05) is 17.2 Å². The van der Waals surface area contributed by atoms with E-state index in [2.05, 4.69) is 68.2 Å². The largest absolute Gasteiger partial charge is 0.490 e. The van der Waals surface area contributed by atoms with Crippen LogP contribution in [-0.4, -0.2) is 35.0 Å². The number of fused-ring (bicyclic) bond motifs is 1. The number of rotatable bonds is 4. The molecule has 0 bridgehead atoms. The van der Waals surface area contributed by atoms with Gasteiger partial charge in [-0.3, -0.25) is 9.78 Å². The summed E-state index contributed by atoms with van der Waals surface area (Å²) in [6.45, 7) is 8.11. The molecule has 2 aliphatic rings. The average Bonchev–Trinajstić information content (AvgIpc) is 3.43. The molecular weight excluding hydrogens is 384 g/mol. The van der Waals surface area contributed by atoms with Crippen molar-refractivity contribution in [3.63, 3.8) is 0 Å². The number of aryl methyl sites for hydroxylation is 1. The van der Waals surface area contributed by atoms with Crippen molar-refractivity contribution in [2.75, 3.05) is 13.1 Å². The number of amides is 1. The first kappa shape index (κ1) is 20.0. The Morgan fingerprint density at radius 1 is 1.06 bits per heavy atom. The van der Waals surface area contributed by atoms with Crippen LogP contribution < -0.4 is 4.74 Å². The molecule has 1 amide bonds. The average molecular weight is 415 g/mol. The lowest BCUT2D eigenvalue weighted by Crippen LogP contribution is -2.42. The van der Waals surface area contributed by atoms with Crippen LogP contribution in [0.25, 0.3) is 22.0 Å². The first-order chi connectivity index (χ1) is 14.9. The monoisotopic (exact) mass is 414 g/mol. The zero-order valence-electron chi connectivity index (χ0n) is 18.6. The highest BCUT2D eigenvalue weighted by atomic mass is 16.5. The topological polar surface area (TPSA) is 42.4 Å². The number of benzene rings is 2. The van der Waals surface area contributed by atoms with E-state index in [0.29, 0.717) is 5.91 Å². The Morgan fingerprint density at radius 2 is 1.77 bits per heavy atom. The van der Waals surface area contributed by atoms with Crippen molar-refractivity contribution in [3.05, 3.63) is 60.3 Å². The van der Waals surface area contributed by atoms with Crippen molar-refractivity contribution in [1.82, 2.24) is 9.88 Å². The lowest BCUT2D eigenvalue weighted by molar-refractivity contribution is -0.135. The Hall–Kier alpha value is -2.88. The molecule has 1 aliphatic heterocycles. The third kappa shape index (κ3) is 3.91. The number of hydrogen-bond acceptors (Lipinski definition) is 3. The molecule has 1 aliphatic carbocycles. The van der Waals surface area contributed by atoms with Crippen LogP contribution in [0.5, 0.6) is 5.75 Å². The van der Waals surface area contributed by atoms with Gasteiger partial charge < -0.3 is 9.64 Å². The highest BCUT2D eigenvalue weighted by Crippen LogP contribution is 2.52. The molecule has 160 valence electrons. The molecule has 1 aromatic heterocycles. The summed E-state index contributed by atoms with van der Waals surface area (Å²) >= 11 is 0. The second kappa shape index (κ2) is 7.67. The summed E-state index contributed by atoms with van der Waals surface area (Å²) < 4.78 is 6.24. The maximum Gasteiger partial charge on any atom is 0.226 e. The predicted molar refractivity (Wildman–Crippen MR) is 124 cm³/mol. The molecule has 2 fully saturated rings. The maximum absolute atomic E-state index is 12.6. The number of aromatic nitrogens is 1. The maximum atomic E-state index is 12.6. The Bertz CT molecular complexity index is 1110. The van der Waals surface area contributed by atoms with Crippen LogP contribution >= 0.6 is 0 Å². The fourth-order valence-electron chi connectivity index (χ4n) is 4.81. The quantitative estimate of drug-likeness (QED) is 0.556. The molecule has 1 unspecified atom stereocenters. The number of nitrogens with zero attached hydrogens (tertiary/aromatic N) is 2. The highest BCUT2D eigenvalue weighted by molar-refractivity contribution is 5.88. The van der Waals surface area contributed by atoms with Crippen molar-refractivity contribution < 1.29 is 9.53 Å². The van der Waals surface area contributed by atoms with Gasteiger partial charge in [0.15, 0.2) is 0 Å². The summed E-state index contributed by atoms with van der Waals surface area (Å²) in [5.41, 5.74) is 4.82. The number of pyridine rings is 1. The second-order valence-electron chi connectivity index (χ2n) is 9.73. The van der Waals surface area contributed by atoms with E-state index < -0.39 is 0 Å². The van der Waals surface area contributed by atoms with Crippen LogP contribution in [0.15, 0.2) is 54.7 Å². The molecular formula is C27H30N2O2. The number of likely N-dealkylation sites (tertiary alicyclic amines) is 1. The SMILES string of the molecule is Cc1c(-c2ccc(OC3CCN(C(=O)C4CC4(C)C)CC3)cc2)ccc2cccnc12. The molecule has 2 aromatic carbocycles. The minimum absolute atomic E-state index is 0.175. The van der Waals surface area contributed by atoms with Gasteiger partial charge in [-0.05, 0) is 53.6 Å². The molecule has 4 nitrogen and oxygen atoms in total. The molecule has 5 rings (SSSR count). The van der Waals surface area contributed by atoms with Crippen molar-refractivity contribution in [2.45, 2.75) is 46.1 Å². The first-order valence-electron chi connectivity index (χ1n) is 11.3. The normalized spacial score (nSPS) is 20.6. The zero-order valence-corrected chi connectivity index (χ0v) is 18.6. The van der Waals surface area contributed by atoms with Gasteiger partial charge in [0.1, 0.15) is 11.9 Å². The Labute approximate surface area is 184 Å². The van der Waals surface area contributed by atoms with Crippen LogP contribution in [0.1, 0.15) is 38.7 Å². The van der Waals surface area contributed by atoms with Crippen molar-refractivity contribution >= 4 is 16.8 Å². The first-order valence-corrected chi connectivity index (χ1v) is 11.3. The van der Waals surface area contributed by atoms with E-state index >= 15 is 0 Å². The van der Waals surface area contributed by atoms with Gasteiger partial charge in [0, 0.05) is 43.4 Å². The molecule has 0 spiro atoms. The molecule has 4 heteroatoms. The van der Waals surface area contributed by atoms with E-state index in [1.165, 1.54) is 22.1 Å². The minimum atomic E-state index is 0.175. The van der Waals surface area contributed by atoms with Gasteiger partial charge >= 0.3 is 0 Å². The number of piperidine rings is 1. The third-order valence-electron chi connectivity index (χ3n) is 7.06. The highest BCUT2D eigenvalue weighted by Gasteiger charge is 2.52. The van der Waals surface area contributed by atoms with Crippen molar-refractivity contribution in [1.29, 1.82) is 0 Å². The lowest BCUT2D eigenvalue weighted by Gasteiger charge is -2.32. The van der Waals surface area contributed by atoms with E-state index in [0.717, 1.165) is 43.6 Å². The summed E-state index contributed by atoms with van der Waals surface area (Å²) in [6.07, 6.45) is 4.85. The summed E-state index contributed by atoms with van der Waals surface area (Å²) in [4.78, 5) is 19.2. The number of carbonyl (C=O) groups is 1. The Balaban J connectivity index is 1.22. The van der Waals surface area contributed by atoms with Crippen LogP contribution in [0.4, 0.5) is 0 Å². The molecule has 3 aromatic rings. The standard InChI is InChI=1S/C27H30N2O2/c1-18-23(11-8-20-5-4-14-28-25(18)20)19-6-9-21(10-7-19)31-22-12-15-29(16-13-22)26(30)24-17-27(24,2)3/h4-11,14,22,24H,12-13,15-17H2,1-3H3. The van der Waals surface area contributed by atoms with Gasteiger partial charge in [0.05, 0.1) is 5.52 Å². The molecule has 1 saturated carbocycles. The van der Waals surface area contributed by atoms with Crippen LogP contribution in [0.2, 0.25) is 0 Å². The summed E-state index contributed by atoms with van der Waals surface area (Å²) in [5, 5.41) is 1.17. The van der Waals surface area contributed by atoms with Gasteiger partial charge in [0.25, 0.3) is 0 Å². The number of carbonyl (C=O) groups excluding carboxylic acids is 1. The fraction of sp³-hybridized carbons (Fsp3) is 0.407. The zero-order chi connectivity index (χ0) is 21.6. The van der Waals surface area contributed by atoms with Crippen LogP contribution in [0, 0.1) is 18.3 Å². The van der Waals surface area contributed by atoms with Gasteiger partial charge in [0.2, 0.25) is 5.91 Å². The summed E-state index contributed by atoms with van der Waals surface area (Å²) in [7, 11) is 0. The molecule has 0 N–H and O–H groups in total. The van der Waals surface area contributed by atoms with Gasteiger partial charge in [-0.15, -0.1) is 0 Å². The molecule has 1 saturated heterocycles.